The first-order valence-electron chi connectivity index (χ1n) is 7.71. The Hall–Kier alpha value is -2.75. The largest absolute Gasteiger partial charge is 0.339 e. The van der Waals surface area contributed by atoms with Gasteiger partial charge in [0.25, 0.3) is 0 Å². The zero-order chi connectivity index (χ0) is 16.2. The van der Waals surface area contributed by atoms with Crippen molar-refractivity contribution in [2.24, 2.45) is 0 Å². The number of rotatable bonds is 5. The van der Waals surface area contributed by atoms with Gasteiger partial charge in [-0.3, -0.25) is 4.79 Å². The van der Waals surface area contributed by atoms with E-state index >= 15 is 0 Å². The summed E-state index contributed by atoms with van der Waals surface area (Å²) in [6, 6.07) is 16.9. The average molecular weight is 306 g/mol. The number of hydrogen-bond donors (Lipinski definition) is 0. The molecule has 23 heavy (non-hydrogen) atoms. The second-order valence-corrected chi connectivity index (χ2v) is 5.44. The van der Waals surface area contributed by atoms with Crippen molar-refractivity contribution in [3.8, 4) is 0 Å². The van der Waals surface area contributed by atoms with E-state index in [1.54, 1.807) is 0 Å². The Bertz CT molecular complexity index is 809. The van der Waals surface area contributed by atoms with Gasteiger partial charge in [0.1, 0.15) is 0 Å². The SMILES string of the molecule is CCc1noc(C(C)c2cccc(C(=O)c3ccccc3)c2)n1. The van der Waals surface area contributed by atoms with Crippen LogP contribution in [-0.4, -0.2) is 15.9 Å². The first-order valence-corrected chi connectivity index (χ1v) is 7.71. The molecule has 0 bridgehead atoms. The van der Waals surface area contributed by atoms with Crippen LogP contribution in [0.2, 0.25) is 0 Å². The molecular formula is C19H18N2O2. The van der Waals surface area contributed by atoms with E-state index in [4.69, 9.17) is 4.52 Å². The van der Waals surface area contributed by atoms with Gasteiger partial charge < -0.3 is 4.52 Å². The molecule has 3 aromatic rings. The Labute approximate surface area is 135 Å². The van der Waals surface area contributed by atoms with Crippen molar-refractivity contribution in [3.05, 3.63) is 83.0 Å². The second kappa shape index (κ2) is 6.57. The number of carbonyl (C=O) groups excluding carboxylic acids is 1. The fraction of sp³-hybridized carbons (Fsp3) is 0.211. The minimum Gasteiger partial charge on any atom is -0.339 e. The van der Waals surface area contributed by atoms with Gasteiger partial charge in [0, 0.05) is 17.5 Å². The highest BCUT2D eigenvalue weighted by Gasteiger charge is 2.17. The quantitative estimate of drug-likeness (QED) is 0.668. The molecule has 0 aliphatic rings. The predicted molar refractivity (Wildman–Crippen MR) is 87.5 cm³/mol. The molecule has 2 aromatic carbocycles. The van der Waals surface area contributed by atoms with Gasteiger partial charge in [-0.05, 0) is 18.6 Å². The molecule has 116 valence electrons. The third-order valence-corrected chi connectivity index (χ3v) is 3.86. The highest BCUT2D eigenvalue weighted by Crippen LogP contribution is 2.24. The van der Waals surface area contributed by atoms with Crippen molar-refractivity contribution in [1.29, 1.82) is 0 Å². The van der Waals surface area contributed by atoms with Crippen LogP contribution in [0.15, 0.2) is 59.1 Å². The van der Waals surface area contributed by atoms with Crippen LogP contribution in [-0.2, 0) is 6.42 Å². The third kappa shape index (κ3) is 3.21. The fourth-order valence-corrected chi connectivity index (χ4v) is 2.43. The van der Waals surface area contributed by atoms with Crippen molar-refractivity contribution >= 4 is 5.78 Å². The minimum absolute atomic E-state index is 0.0134. The number of ketones is 1. The molecule has 3 rings (SSSR count). The molecule has 1 atom stereocenters. The van der Waals surface area contributed by atoms with Crippen molar-refractivity contribution in [1.82, 2.24) is 10.1 Å². The summed E-state index contributed by atoms with van der Waals surface area (Å²) in [6.07, 6.45) is 0.739. The molecule has 0 saturated heterocycles. The maximum atomic E-state index is 12.6. The summed E-state index contributed by atoms with van der Waals surface area (Å²) >= 11 is 0. The van der Waals surface area contributed by atoms with Crippen LogP contribution >= 0.6 is 0 Å². The molecule has 0 N–H and O–H groups in total. The number of hydrogen-bond acceptors (Lipinski definition) is 4. The van der Waals surface area contributed by atoms with E-state index in [9.17, 15) is 4.79 Å². The van der Waals surface area contributed by atoms with E-state index in [1.165, 1.54) is 0 Å². The first-order chi connectivity index (χ1) is 11.2. The smallest absolute Gasteiger partial charge is 0.233 e. The molecule has 4 nitrogen and oxygen atoms in total. The maximum absolute atomic E-state index is 12.6. The van der Waals surface area contributed by atoms with Gasteiger partial charge in [-0.2, -0.15) is 4.98 Å². The highest BCUT2D eigenvalue weighted by atomic mass is 16.5. The van der Waals surface area contributed by atoms with Gasteiger partial charge in [0.05, 0.1) is 5.92 Å². The molecule has 0 aliphatic carbocycles. The van der Waals surface area contributed by atoms with E-state index < -0.39 is 0 Å². The molecule has 0 radical (unpaired) electrons. The van der Waals surface area contributed by atoms with Gasteiger partial charge in [-0.15, -0.1) is 0 Å². The van der Waals surface area contributed by atoms with Gasteiger partial charge in [0.2, 0.25) is 5.89 Å². The number of aryl methyl sites for hydroxylation is 1. The lowest BCUT2D eigenvalue weighted by Crippen LogP contribution is -2.03. The van der Waals surface area contributed by atoms with Gasteiger partial charge in [-0.25, -0.2) is 0 Å². The monoisotopic (exact) mass is 306 g/mol. The molecule has 0 amide bonds. The Kier molecular flexibility index (Phi) is 4.33. The molecule has 1 aromatic heterocycles. The van der Waals surface area contributed by atoms with E-state index in [0.717, 1.165) is 12.0 Å². The summed E-state index contributed by atoms with van der Waals surface area (Å²) in [7, 11) is 0. The summed E-state index contributed by atoms with van der Waals surface area (Å²) in [4.78, 5) is 16.9. The van der Waals surface area contributed by atoms with Crippen molar-refractivity contribution in [2.75, 3.05) is 0 Å². The molecule has 0 fully saturated rings. The third-order valence-electron chi connectivity index (χ3n) is 3.86. The Morgan fingerprint density at radius 2 is 1.83 bits per heavy atom. The Balaban J connectivity index is 1.89. The van der Waals surface area contributed by atoms with E-state index in [-0.39, 0.29) is 11.7 Å². The van der Waals surface area contributed by atoms with Crippen LogP contribution in [0.1, 0.15) is 53.0 Å². The van der Waals surface area contributed by atoms with Gasteiger partial charge in [0.15, 0.2) is 11.6 Å². The standard InChI is InChI=1S/C19H18N2O2/c1-3-17-20-19(23-21-17)13(2)15-10-7-11-16(12-15)18(22)14-8-5-4-6-9-14/h4-13H,3H2,1-2H3. The van der Waals surface area contributed by atoms with Crippen LogP contribution in [0.25, 0.3) is 0 Å². The summed E-state index contributed by atoms with van der Waals surface area (Å²) in [5, 5.41) is 3.93. The zero-order valence-electron chi connectivity index (χ0n) is 13.2. The van der Waals surface area contributed by atoms with Crippen molar-refractivity contribution in [2.45, 2.75) is 26.2 Å². The molecule has 0 aliphatic heterocycles. The molecule has 1 heterocycles. The number of benzene rings is 2. The molecular weight excluding hydrogens is 288 g/mol. The maximum Gasteiger partial charge on any atom is 0.233 e. The number of aromatic nitrogens is 2. The van der Waals surface area contributed by atoms with Crippen LogP contribution in [0, 0.1) is 0 Å². The number of nitrogens with zero attached hydrogens (tertiary/aromatic N) is 2. The normalized spacial score (nSPS) is 12.1. The van der Waals surface area contributed by atoms with E-state index in [1.807, 2.05) is 68.4 Å². The summed E-state index contributed by atoms with van der Waals surface area (Å²) in [6.45, 7) is 3.98. The second-order valence-electron chi connectivity index (χ2n) is 5.44. The molecule has 0 saturated carbocycles. The van der Waals surface area contributed by atoms with Gasteiger partial charge >= 0.3 is 0 Å². The summed E-state index contributed by atoms with van der Waals surface area (Å²) in [5.41, 5.74) is 2.33. The topological polar surface area (TPSA) is 56.0 Å². The van der Waals surface area contributed by atoms with Crippen LogP contribution < -0.4 is 0 Å². The highest BCUT2D eigenvalue weighted by molar-refractivity contribution is 6.09. The van der Waals surface area contributed by atoms with Crippen LogP contribution in [0.4, 0.5) is 0 Å². The Morgan fingerprint density at radius 3 is 2.52 bits per heavy atom. The van der Waals surface area contributed by atoms with Crippen molar-refractivity contribution < 1.29 is 9.32 Å². The average Bonchev–Trinajstić information content (AvgIpc) is 3.10. The lowest BCUT2D eigenvalue weighted by Gasteiger charge is -2.09. The zero-order valence-corrected chi connectivity index (χ0v) is 13.2. The van der Waals surface area contributed by atoms with E-state index in [2.05, 4.69) is 10.1 Å². The number of carbonyl (C=O) groups is 1. The molecule has 0 spiro atoms. The summed E-state index contributed by atoms with van der Waals surface area (Å²) < 4.78 is 5.31. The lowest BCUT2D eigenvalue weighted by atomic mass is 9.95. The van der Waals surface area contributed by atoms with Crippen LogP contribution in [0.3, 0.4) is 0 Å². The first kappa shape index (κ1) is 15.2. The van der Waals surface area contributed by atoms with Gasteiger partial charge in [-0.1, -0.05) is 60.6 Å². The summed E-state index contributed by atoms with van der Waals surface area (Å²) in [5.74, 6) is 1.24. The van der Waals surface area contributed by atoms with Crippen LogP contribution in [0.5, 0.6) is 0 Å². The van der Waals surface area contributed by atoms with E-state index in [0.29, 0.717) is 22.8 Å². The van der Waals surface area contributed by atoms with Crippen molar-refractivity contribution in [3.63, 3.8) is 0 Å². The minimum atomic E-state index is -0.0497. The predicted octanol–water partition coefficient (Wildman–Crippen LogP) is 4.01. The molecule has 4 heteroatoms. The fourth-order valence-electron chi connectivity index (χ4n) is 2.43. The molecule has 1 unspecified atom stereocenters. The lowest BCUT2D eigenvalue weighted by molar-refractivity contribution is 0.103. The Morgan fingerprint density at radius 1 is 1.09 bits per heavy atom.